The zero-order valence-electron chi connectivity index (χ0n) is 13.2. The van der Waals surface area contributed by atoms with E-state index in [4.69, 9.17) is 9.47 Å². The van der Waals surface area contributed by atoms with Gasteiger partial charge < -0.3 is 19.7 Å². The number of benzene rings is 1. The molecular formula is C15H18N4O3S2. The Labute approximate surface area is 148 Å². The predicted molar refractivity (Wildman–Crippen MR) is 94.3 cm³/mol. The number of aromatic nitrogens is 2. The van der Waals surface area contributed by atoms with Crippen molar-refractivity contribution in [3.8, 4) is 5.75 Å². The summed E-state index contributed by atoms with van der Waals surface area (Å²) < 4.78 is 11.1. The van der Waals surface area contributed by atoms with E-state index >= 15 is 0 Å². The lowest BCUT2D eigenvalue weighted by molar-refractivity contribution is -0.132. The number of nitrogens with one attached hydrogen (secondary N) is 1. The van der Waals surface area contributed by atoms with Crippen LogP contribution in [0.1, 0.15) is 0 Å². The molecule has 9 heteroatoms. The molecule has 2 aromatic rings. The van der Waals surface area contributed by atoms with Crippen LogP contribution >= 0.6 is 23.1 Å². The van der Waals surface area contributed by atoms with E-state index in [1.165, 1.54) is 23.1 Å². The van der Waals surface area contributed by atoms with Crippen molar-refractivity contribution < 1.29 is 14.3 Å². The first-order valence-corrected chi connectivity index (χ1v) is 9.28. The number of hydrogen-bond donors (Lipinski definition) is 1. The van der Waals surface area contributed by atoms with Crippen LogP contribution in [0.4, 0.5) is 10.8 Å². The smallest absolute Gasteiger partial charge is 0.233 e. The summed E-state index contributed by atoms with van der Waals surface area (Å²) in [6, 6.07) is 7.57. The second-order valence-corrected chi connectivity index (χ2v) is 7.21. The third-order valence-electron chi connectivity index (χ3n) is 3.43. The average Bonchev–Trinajstić information content (AvgIpc) is 3.08. The minimum atomic E-state index is 0.114. The normalized spacial score (nSPS) is 14.5. The van der Waals surface area contributed by atoms with E-state index in [0.29, 0.717) is 37.2 Å². The summed E-state index contributed by atoms with van der Waals surface area (Å²) in [6.07, 6.45) is 0. The van der Waals surface area contributed by atoms with Gasteiger partial charge in [-0.3, -0.25) is 4.79 Å². The van der Waals surface area contributed by atoms with Crippen molar-refractivity contribution in [2.24, 2.45) is 0 Å². The fraction of sp³-hybridized carbons (Fsp3) is 0.400. The molecule has 0 spiro atoms. The first-order chi connectivity index (χ1) is 11.7. The molecule has 1 aromatic heterocycles. The number of thioether (sulfide) groups is 1. The quantitative estimate of drug-likeness (QED) is 0.786. The number of carbonyl (C=O) groups excluding carboxylic acids is 1. The molecule has 1 N–H and O–H groups in total. The van der Waals surface area contributed by atoms with Crippen molar-refractivity contribution >= 4 is 39.8 Å². The number of carbonyl (C=O) groups is 1. The van der Waals surface area contributed by atoms with E-state index in [0.717, 1.165) is 15.8 Å². The lowest BCUT2D eigenvalue weighted by Crippen LogP contribution is -2.41. The molecule has 0 atom stereocenters. The highest BCUT2D eigenvalue weighted by atomic mass is 32.2. The van der Waals surface area contributed by atoms with Crippen molar-refractivity contribution in [3.63, 3.8) is 0 Å². The molecule has 0 unspecified atom stereocenters. The van der Waals surface area contributed by atoms with Crippen LogP contribution in [0.15, 0.2) is 28.6 Å². The molecule has 0 bridgehead atoms. The monoisotopic (exact) mass is 366 g/mol. The second-order valence-electron chi connectivity index (χ2n) is 5.01. The van der Waals surface area contributed by atoms with Gasteiger partial charge in [0.2, 0.25) is 11.0 Å². The Balaban J connectivity index is 1.50. The summed E-state index contributed by atoms with van der Waals surface area (Å²) in [5.41, 5.74) is 0.910. The molecule has 1 aliphatic rings. The summed E-state index contributed by atoms with van der Waals surface area (Å²) in [5, 5.41) is 12.1. The number of nitrogens with zero attached hydrogens (tertiary/aromatic N) is 3. The number of methoxy groups -OCH3 is 1. The minimum absolute atomic E-state index is 0.114. The summed E-state index contributed by atoms with van der Waals surface area (Å²) in [4.78, 5) is 13.9. The van der Waals surface area contributed by atoms with Crippen molar-refractivity contribution in [2.45, 2.75) is 4.34 Å². The van der Waals surface area contributed by atoms with Gasteiger partial charge in [0.15, 0.2) is 4.34 Å². The van der Waals surface area contributed by atoms with Crippen LogP contribution in [-0.2, 0) is 9.53 Å². The zero-order chi connectivity index (χ0) is 16.8. The summed E-state index contributed by atoms with van der Waals surface area (Å²) in [5.74, 6) is 1.29. The SMILES string of the molecule is COc1ccc(Nc2nnc(SCC(=O)N3CCOCC3)s2)cc1. The molecule has 1 fully saturated rings. The van der Waals surface area contributed by atoms with Crippen LogP contribution in [0.5, 0.6) is 5.75 Å². The van der Waals surface area contributed by atoms with Gasteiger partial charge in [0, 0.05) is 18.8 Å². The van der Waals surface area contributed by atoms with Gasteiger partial charge in [-0.2, -0.15) is 0 Å². The Morgan fingerprint density at radius 3 is 2.79 bits per heavy atom. The maximum atomic E-state index is 12.1. The van der Waals surface area contributed by atoms with Crippen LogP contribution in [0.25, 0.3) is 0 Å². The molecule has 2 heterocycles. The van der Waals surface area contributed by atoms with Crippen LogP contribution in [0, 0.1) is 0 Å². The summed E-state index contributed by atoms with van der Waals surface area (Å²) >= 11 is 2.84. The van der Waals surface area contributed by atoms with Gasteiger partial charge in [0.05, 0.1) is 26.1 Å². The lowest BCUT2D eigenvalue weighted by Gasteiger charge is -2.26. The minimum Gasteiger partial charge on any atom is -0.497 e. The predicted octanol–water partition coefficient (Wildman–Crippen LogP) is 2.24. The highest BCUT2D eigenvalue weighted by molar-refractivity contribution is 8.01. The number of anilines is 2. The maximum Gasteiger partial charge on any atom is 0.233 e. The van der Waals surface area contributed by atoms with E-state index in [-0.39, 0.29) is 5.91 Å². The van der Waals surface area contributed by atoms with Crippen LogP contribution in [0.2, 0.25) is 0 Å². The zero-order valence-corrected chi connectivity index (χ0v) is 14.9. The Bertz CT molecular complexity index is 672. The summed E-state index contributed by atoms with van der Waals surface area (Å²) in [6.45, 7) is 2.57. The maximum absolute atomic E-state index is 12.1. The van der Waals surface area contributed by atoms with Gasteiger partial charge in [-0.05, 0) is 24.3 Å². The fourth-order valence-corrected chi connectivity index (χ4v) is 3.82. The van der Waals surface area contributed by atoms with Gasteiger partial charge in [0.25, 0.3) is 0 Å². The largest absolute Gasteiger partial charge is 0.497 e. The molecule has 0 radical (unpaired) electrons. The Morgan fingerprint density at radius 1 is 1.33 bits per heavy atom. The highest BCUT2D eigenvalue weighted by Gasteiger charge is 2.17. The van der Waals surface area contributed by atoms with E-state index in [2.05, 4.69) is 15.5 Å². The molecule has 1 amide bonds. The van der Waals surface area contributed by atoms with Crippen molar-refractivity contribution in [1.29, 1.82) is 0 Å². The van der Waals surface area contributed by atoms with E-state index < -0.39 is 0 Å². The number of ether oxygens (including phenoxy) is 2. The third kappa shape index (κ3) is 4.59. The van der Waals surface area contributed by atoms with Crippen molar-refractivity contribution in [2.75, 3.05) is 44.5 Å². The van der Waals surface area contributed by atoms with E-state index in [1.54, 1.807) is 7.11 Å². The molecule has 7 nitrogen and oxygen atoms in total. The molecule has 0 saturated carbocycles. The van der Waals surface area contributed by atoms with E-state index in [9.17, 15) is 4.79 Å². The highest BCUT2D eigenvalue weighted by Crippen LogP contribution is 2.28. The van der Waals surface area contributed by atoms with Gasteiger partial charge in [0.1, 0.15) is 5.75 Å². The lowest BCUT2D eigenvalue weighted by atomic mass is 10.3. The molecule has 0 aliphatic carbocycles. The summed E-state index contributed by atoms with van der Waals surface area (Å²) in [7, 11) is 1.63. The standard InChI is InChI=1S/C15H18N4O3S2/c1-21-12-4-2-11(3-5-12)16-14-17-18-15(24-14)23-10-13(20)19-6-8-22-9-7-19/h2-5H,6-10H2,1H3,(H,16,17). The van der Waals surface area contributed by atoms with Gasteiger partial charge in [-0.15, -0.1) is 10.2 Å². The van der Waals surface area contributed by atoms with Crippen LogP contribution in [0.3, 0.4) is 0 Å². The molecular weight excluding hydrogens is 348 g/mol. The first kappa shape index (κ1) is 17.0. The number of rotatable bonds is 6. The molecule has 1 aromatic carbocycles. The van der Waals surface area contributed by atoms with E-state index in [1.807, 2.05) is 29.2 Å². The topological polar surface area (TPSA) is 76.6 Å². The van der Waals surface area contributed by atoms with Gasteiger partial charge >= 0.3 is 0 Å². The molecule has 128 valence electrons. The first-order valence-electron chi connectivity index (χ1n) is 7.47. The van der Waals surface area contributed by atoms with Crippen LogP contribution in [-0.4, -0.2) is 60.2 Å². The van der Waals surface area contributed by atoms with Gasteiger partial charge in [-0.1, -0.05) is 23.1 Å². The fourth-order valence-electron chi connectivity index (χ4n) is 2.14. The van der Waals surface area contributed by atoms with Gasteiger partial charge in [-0.25, -0.2) is 0 Å². The van der Waals surface area contributed by atoms with Crippen LogP contribution < -0.4 is 10.1 Å². The van der Waals surface area contributed by atoms with Crippen molar-refractivity contribution in [1.82, 2.24) is 15.1 Å². The molecule has 24 heavy (non-hydrogen) atoms. The molecule has 3 rings (SSSR count). The number of morpholine rings is 1. The third-order valence-corrected chi connectivity index (χ3v) is 5.39. The number of hydrogen-bond acceptors (Lipinski definition) is 8. The molecule has 1 aliphatic heterocycles. The Kier molecular flexibility index (Phi) is 5.89. The second kappa shape index (κ2) is 8.32. The number of amides is 1. The molecule has 1 saturated heterocycles. The van der Waals surface area contributed by atoms with Crippen molar-refractivity contribution in [3.05, 3.63) is 24.3 Å². The average molecular weight is 366 g/mol. The Hall–Kier alpha value is -1.84. The Morgan fingerprint density at radius 2 is 2.08 bits per heavy atom.